The normalized spacial score (nSPS) is 47.1. The molecule has 0 aliphatic heterocycles. The standard InChI is InChI=1S/C9H17N/c10-9-6-4-2-1-3-5-8(9)7-9/h8H,1-7,10H2/t8?,9-/m1/s1. The van der Waals surface area contributed by atoms with Crippen molar-refractivity contribution >= 4 is 0 Å². The summed E-state index contributed by atoms with van der Waals surface area (Å²) in [4.78, 5) is 0. The molecule has 1 nitrogen and oxygen atoms in total. The van der Waals surface area contributed by atoms with Crippen LogP contribution in [-0.4, -0.2) is 5.54 Å². The van der Waals surface area contributed by atoms with E-state index in [4.69, 9.17) is 5.73 Å². The Kier molecular flexibility index (Phi) is 1.48. The lowest BCUT2D eigenvalue weighted by Gasteiger charge is -2.14. The summed E-state index contributed by atoms with van der Waals surface area (Å²) < 4.78 is 0. The lowest BCUT2D eigenvalue weighted by molar-refractivity contribution is 0.442. The highest BCUT2D eigenvalue weighted by molar-refractivity contribution is 5.07. The summed E-state index contributed by atoms with van der Waals surface area (Å²) in [6.07, 6.45) is 9.73. The van der Waals surface area contributed by atoms with E-state index in [1.54, 1.807) is 0 Å². The summed E-state index contributed by atoms with van der Waals surface area (Å²) in [6.45, 7) is 0. The molecule has 2 aliphatic carbocycles. The minimum Gasteiger partial charge on any atom is -0.325 e. The van der Waals surface area contributed by atoms with Gasteiger partial charge in [0.15, 0.2) is 0 Å². The van der Waals surface area contributed by atoms with Crippen LogP contribution in [0.1, 0.15) is 44.9 Å². The first-order valence-corrected chi connectivity index (χ1v) is 4.60. The second kappa shape index (κ2) is 2.23. The molecule has 0 aromatic carbocycles. The lowest BCUT2D eigenvalue weighted by atomic mass is 9.97. The van der Waals surface area contributed by atoms with Crippen molar-refractivity contribution < 1.29 is 0 Å². The zero-order valence-electron chi connectivity index (χ0n) is 6.60. The van der Waals surface area contributed by atoms with Crippen molar-refractivity contribution in [3.05, 3.63) is 0 Å². The van der Waals surface area contributed by atoms with Crippen LogP contribution < -0.4 is 5.73 Å². The minimum atomic E-state index is 0.320. The largest absolute Gasteiger partial charge is 0.325 e. The van der Waals surface area contributed by atoms with Crippen LogP contribution in [-0.2, 0) is 0 Å². The highest BCUT2D eigenvalue weighted by Gasteiger charge is 2.49. The third-order valence-electron chi connectivity index (χ3n) is 3.22. The third kappa shape index (κ3) is 1.07. The SMILES string of the molecule is N[C@@]12CCCCCCC1C2. The first-order chi connectivity index (χ1) is 4.81. The van der Waals surface area contributed by atoms with Crippen LogP contribution in [0.4, 0.5) is 0 Å². The molecule has 1 heteroatoms. The van der Waals surface area contributed by atoms with Crippen molar-refractivity contribution in [3.8, 4) is 0 Å². The van der Waals surface area contributed by atoms with Crippen molar-refractivity contribution in [1.29, 1.82) is 0 Å². The van der Waals surface area contributed by atoms with Crippen LogP contribution in [0.2, 0.25) is 0 Å². The molecule has 2 saturated carbocycles. The Bertz CT molecular complexity index is 133. The fourth-order valence-electron chi connectivity index (χ4n) is 2.29. The average molecular weight is 139 g/mol. The molecule has 2 N–H and O–H groups in total. The van der Waals surface area contributed by atoms with Gasteiger partial charge in [-0.25, -0.2) is 0 Å². The number of hydrogen-bond donors (Lipinski definition) is 1. The predicted molar refractivity (Wildman–Crippen MR) is 42.7 cm³/mol. The topological polar surface area (TPSA) is 26.0 Å². The van der Waals surface area contributed by atoms with Crippen LogP contribution in [0.5, 0.6) is 0 Å². The highest BCUT2D eigenvalue weighted by Crippen LogP contribution is 2.49. The second-order valence-corrected chi connectivity index (χ2v) is 4.09. The summed E-state index contributed by atoms with van der Waals surface area (Å²) >= 11 is 0. The van der Waals surface area contributed by atoms with Crippen LogP contribution >= 0.6 is 0 Å². The highest BCUT2D eigenvalue weighted by atomic mass is 14.9. The summed E-state index contributed by atoms with van der Waals surface area (Å²) in [5.74, 6) is 0.910. The average Bonchev–Trinajstić information content (AvgIpc) is 2.44. The first kappa shape index (κ1) is 6.66. The number of fused-ring (bicyclic) bond motifs is 1. The molecule has 1 unspecified atom stereocenters. The van der Waals surface area contributed by atoms with Gasteiger partial charge in [0.1, 0.15) is 0 Å². The van der Waals surface area contributed by atoms with Crippen molar-refractivity contribution in [3.63, 3.8) is 0 Å². The van der Waals surface area contributed by atoms with Gasteiger partial charge in [-0.2, -0.15) is 0 Å². The van der Waals surface area contributed by atoms with Gasteiger partial charge in [-0.15, -0.1) is 0 Å². The van der Waals surface area contributed by atoms with E-state index in [1.807, 2.05) is 0 Å². The number of rotatable bonds is 0. The summed E-state index contributed by atoms with van der Waals surface area (Å²) in [6, 6.07) is 0. The molecular weight excluding hydrogens is 122 g/mol. The van der Waals surface area contributed by atoms with Crippen molar-refractivity contribution in [2.24, 2.45) is 11.7 Å². The molecule has 58 valence electrons. The van der Waals surface area contributed by atoms with E-state index < -0.39 is 0 Å². The van der Waals surface area contributed by atoms with E-state index >= 15 is 0 Å². The van der Waals surface area contributed by atoms with E-state index in [9.17, 15) is 0 Å². The molecule has 0 aromatic heterocycles. The van der Waals surface area contributed by atoms with Gasteiger partial charge < -0.3 is 5.73 Å². The number of hydrogen-bond acceptors (Lipinski definition) is 1. The molecule has 0 aromatic rings. The Morgan fingerprint density at radius 1 is 1.10 bits per heavy atom. The Labute approximate surface area is 63.0 Å². The van der Waals surface area contributed by atoms with Gasteiger partial charge in [0, 0.05) is 5.54 Å². The third-order valence-corrected chi connectivity index (χ3v) is 3.22. The minimum absolute atomic E-state index is 0.320. The van der Waals surface area contributed by atoms with Crippen molar-refractivity contribution in [2.45, 2.75) is 50.5 Å². The molecule has 0 heterocycles. The fourth-order valence-corrected chi connectivity index (χ4v) is 2.29. The van der Waals surface area contributed by atoms with Gasteiger partial charge in [-0.05, 0) is 25.2 Å². The van der Waals surface area contributed by atoms with Crippen LogP contribution in [0.25, 0.3) is 0 Å². The van der Waals surface area contributed by atoms with Gasteiger partial charge in [-0.1, -0.05) is 25.7 Å². The zero-order valence-corrected chi connectivity index (χ0v) is 6.60. The lowest BCUT2D eigenvalue weighted by Crippen LogP contribution is -2.25. The Morgan fingerprint density at radius 2 is 1.90 bits per heavy atom. The molecule has 0 spiro atoms. The van der Waals surface area contributed by atoms with E-state index in [0.717, 1.165) is 5.92 Å². The van der Waals surface area contributed by atoms with Gasteiger partial charge in [0.2, 0.25) is 0 Å². The molecule has 10 heavy (non-hydrogen) atoms. The van der Waals surface area contributed by atoms with Crippen molar-refractivity contribution in [2.75, 3.05) is 0 Å². The maximum absolute atomic E-state index is 6.12. The maximum atomic E-state index is 6.12. The molecular formula is C9H17N. The zero-order chi connectivity index (χ0) is 7.03. The van der Waals surface area contributed by atoms with E-state index in [1.165, 1.54) is 44.9 Å². The molecule has 2 fully saturated rings. The summed E-state index contributed by atoms with van der Waals surface area (Å²) in [7, 11) is 0. The molecule has 2 atom stereocenters. The Balaban J connectivity index is 1.91. The van der Waals surface area contributed by atoms with Gasteiger partial charge >= 0.3 is 0 Å². The fraction of sp³-hybridized carbons (Fsp3) is 1.00. The van der Waals surface area contributed by atoms with Gasteiger partial charge in [-0.3, -0.25) is 0 Å². The van der Waals surface area contributed by atoms with Gasteiger partial charge in [0.25, 0.3) is 0 Å². The molecule has 2 aliphatic rings. The summed E-state index contributed by atoms with van der Waals surface area (Å²) in [5, 5.41) is 0. The number of nitrogens with two attached hydrogens (primary N) is 1. The monoisotopic (exact) mass is 139 g/mol. The molecule has 0 radical (unpaired) electrons. The van der Waals surface area contributed by atoms with Gasteiger partial charge in [0.05, 0.1) is 0 Å². The van der Waals surface area contributed by atoms with E-state index in [0.29, 0.717) is 5.54 Å². The second-order valence-electron chi connectivity index (χ2n) is 4.09. The molecule has 0 bridgehead atoms. The molecule has 2 rings (SSSR count). The Morgan fingerprint density at radius 3 is 2.80 bits per heavy atom. The van der Waals surface area contributed by atoms with Crippen molar-refractivity contribution in [1.82, 2.24) is 0 Å². The maximum Gasteiger partial charge on any atom is 0.0186 e. The van der Waals surface area contributed by atoms with Crippen LogP contribution in [0.15, 0.2) is 0 Å². The van der Waals surface area contributed by atoms with Crippen LogP contribution in [0.3, 0.4) is 0 Å². The van der Waals surface area contributed by atoms with E-state index in [-0.39, 0.29) is 0 Å². The molecule has 0 amide bonds. The first-order valence-electron chi connectivity index (χ1n) is 4.60. The van der Waals surface area contributed by atoms with E-state index in [2.05, 4.69) is 0 Å². The smallest absolute Gasteiger partial charge is 0.0186 e. The quantitative estimate of drug-likeness (QED) is 0.546. The predicted octanol–water partition coefficient (Wildman–Crippen LogP) is 2.06. The molecule has 0 saturated heterocycles. The van der Waals surface area contributed by atoms with Crippen LogP contribution in [0, 0.1) is 5.92 Å². The summed E-state index contributed by atoms with van der Waals surface area (Å²) in [5.41, 5.74) is 6.44. The Hall–Kier alpha value is -0.0400.